The number of ketones is 1. The van der Waals surface area contributed by atoms with Crippen molar-refractivity contribution in [3.05, 3.63) is 0 Å². The first-order valence-corrected chi connectivity index (χ1v) is 16.3. The van der Waals surface area contributed by atoms with Crippen molar-refractivity contribution in [2.75, 3.05) is 6.54 Å². The average molecular weight is 588 g/mol. The monoisotopic (exact) mass is 587 g/mol. The summed E-state index contributed by atoms with van der Waals surface area (Å²) < 4.78 is 0. The summed E-state index contributed by atoms with van der Waals surface area (Å²) in [6.07, 6.45) is 12.6. The molecule has 0 bridgehead atoms. The molecule has 0 aromatic rings. The summed E-state index contributed by atoms with van der Waals surface area (Å²) in [7, 11) is 0. The van der Waals surface area contributed by atoms with E-state index in [0.717, 1.165) is 77.0 Å². The number of Topliss-reactive ketones (excluding diaryl/α,β-unsaturated/α-hetero) is 1. The Hall–Kier alpha value is -2.98. The minimum atomic E-state index is -1.18. The third kappa shape index (κ3) is 9.01. The lowest BCUT2D eigenvalue weighted by molar-refractivity contribution is -0.141. The maximum Gasteiger partial charge on any atom is 0.289 e. The zero-order valence-corrected chi connectivity index (χ0v) is 25.0. The molecule has 5 amide bonds. The van der Waals surface area contributed by atoms with Crippen LogP contribution in [0.25, 0.3) is 0 Å². The van der Waals surface area contributed by atoms with Crippen LogP contribution in [0, 0.1) is 17.8 Å². The van der Waals surface area contributed by atoms with Crippen LogP contribution >= 0.6 is 0 Å². The highest BCUT2D eigenvalue weighted by Gasteiger charge is 2.38. The van der Waals surface area contributed by atoms with Crippen LogP contribution in [0.4, 0.5) is 0 Å². The molecule has 3 aliphatic carbocycles. The lowest BCUT2D eigenvalue weighted by Gasteiger charge is -2.33. The summed E-state index contributed by atoms with van der Waals surface area (Å²) in [5.41, 5.74) is 0. The molecule has 1 aliphatic heterocycles. The quantitative estimate of drug-likeness (QED) is 0.195. The summed E-state index contributed by atoms with van der Waals surface area (Å²) >= 11 is 0. The molecular weight excluding hydrogens is 538 g/mol. The normalized spacial score (nSPS) is 23.6. The van der Waals surface area contributed by atoms with Crippen molar-refractivity contribution < 1.29 is 28.8 Å². The van der Waals surface area contributed by atoms with Crippen LogP contribution in [0.2, 0.25) is 0 Å². The number of hydrogen-bond acceptors (Lipinski definition) is 6. The lowest BCUT2D eigenvalue weighted by atomic mass is 9.82. The molecule has 1 heterocycles. The van der Waals surface area contributed by atoms with Gasteiger partial charge in [0.05, 0.1) is 6.04 Å². The van der Waals surface area contributed by atoms with Crippen LogP contribution in [-0.4, -0.2) is 66.0 Å². The number of carbonyl (C=O) groups is 6. The summed E-state index contributed by atoms with van der Waals surface area (Å²) in [6.45, 7) is 2.38. The molecule has 4 atom stereocenters. The lowest BCUT2D eigenvalue weighted by Crippen LogP contribution is -2.59. The minimum absolute atomic E-state index is 0.00189. The number of rotatable bonds is 14. The Morgan fingerprint density at radius 2 is 1.43 bits per heavy atom. The molecule has 0 aromatic heterocycles. The van der Waals surface area contributed by atoms with Crippen molar-refractivity contribution in [3.63, 3.8) is 0 Å². The second-order valence-corrected chi connectivity index (χ2v) is 12.8. The van der Waals surface area contributed by atoms with Crippen LogP contribution in [-0.2, 0) is 28.8 Å². The minimum Gasteiger partial charge on any atom is -0.356 e. The van der Waals surface area contributed by atoms with Gasteiger partial charge in [0, 0.05) is 24.4 Å². The Morgan fingerprint density at radius 3 is 2.02 bits per heavy atom. The summed E-state index contributed by atoms with van der Waals surface area (Å²) in [5.74, 6) is -3.36. The number of carbonyl (C=O) groups excluding carboxylic acids is 6. The second kappa shape index (κ2) is 15.5. The van der Waals surface area contributed by atoms with Crippen molar-refractivity contribution in [2.24, 2.45) is 17.8 Å². The van der Waals surface area contributed by atoms with Crippen molar-refractivity contribution in [1.29, 1.82) is 0 Å². The molecule has 4 fully saturated rings. The topological polar surface area (TPSA) is 163 Å². The predicted molar refractivity (Wildman–Crippen MR) is 156 cm³/mol. The standard InChI is InChI=1S/C31H49N5O6/c1-2-9-23(29(40)35-24(18-21-16-17-32-27(21)38)26(37)31(42)33-22-14-15-22)34-30(41)25(19-10-5-3-6-11-19)36-28(39)20-12-7-4-8-13-20/h19-25H,2-18H2,1H3,(H,32,38)(H,33,42)(H,34,41)(H,35,40)(H,36,39)/t21-,23-,24-,25+/m0/s1. The average Bonchev–Trinajstić information content (AvgIpc) is 3.73. The Morgan fingerprint density at radius 1 is 0.786 bits per heavy atom. The van der Waals surface area contributed by atoms with Gasteiger partial charge < -0.3 is 26.6 Å². The molecule has 3 saturated carbocycles. The first-order valence-electron chi connectivity index (χ1n) is 16.3. The molecule has 11 heteroatoms. The van der Waals surface area contributed by atoms with E-state index in [1.807, 2.05) is 6.92 Å². The molecule has 0 spiro atoms. The summed E-state index contributed by atoms with van der Waals surface area (Å²) in [5, 5.41) is 14.1. The predicted octanol–water partition coefficient (Wildman–Crippen LogP) is 1.78. The smallest absolute Gasteiger partial charge is 0.289 e. The Bertz CT molecular complexity index is 1000. The fourth-order valence-corrected chi connectivity index (χ4v) is 6.62. The highest BCUT2D eigenvalue weighted by atomic mass is 16.2. The van der Waals surface area contributed by atoms with Crippen LogP contribution in [0.15, 0.2) is 0 Å². The molecule has 0 radical (unpaired) electrons. The van der Waals surface area contributed by atoms with Gasteiger partial charge in [0.1, 0.15) is 12.1 Å². The van der Waals surface area contributed by atoms with Crippen molar-refractivity contribution >= 4 is 35.3 Å². The van der Waals surface area contributed by atoms with E-state index < -0.39 is 41.6 Å². The third-order valence-electron chi connectivity index (χ3n) is 9.34. The fraction of sp³-hybridized carbons (Fsp3) is 0.806. The molecular formula is C31H49N5O6. The molecule has 4 aliphatic rings. The Balaban J connectivity index is 1.45. The first kappa shape index (κ1) is 31.9. The van der Waals surface area contributed by atoms with E-state index >= 15 is 0 Å². The van der Waals surface area contributed by atoms with Crippen molar-refractivity contribution in [1.82, 2.24) is 26.6 Å². The van der Waals surface area contributed by atoms with Crippen LogP contribution in [0.1, 0.15) is 110 Å². The molecule has 1 saturated heterocycles. The Labute approximate surface area is 248 Å². The fourth-order valence-electron chi connectivity index (χ4n) is 6.62. The second-order valence-electron chi connectivity index (χ2n) is 12.8. The van der Waals surface area contributed by atoms with Gasteiger partial charge in [-0.05, 0) is 63.7 Å². The van der Waals surface area contributed by atoms with Gasteiger partial charge in [-0.1, -0.05) is 51.9 Å². The molecule has 5 N–H and O–H groups in total. The maximum atomic E-state index is 13.7. The van der Waals surface area contributed by atoms with E-state index in [1.165, 1.54) is 0 Å². The largest absolute Gasteiger partial charge is 0.356 e. The van der Waals surface area contributed by atoms with Gasteiger partial charge in [-0.15, -0.1) is 0 Å². The van der Waals surface area contributed by atoms with E-state index in [1.54, 1.807) is 0 Å². The van der Waals surface area contributed by atoms with Gasteiger partial charge in [0.25, 0.3) is 5.91 Å². The van der Waals surface area contributed by atoms with E-state index in [0.29, 0.717) is 25.8 Å². The molecule has 4 rings (SSSR count). The molecule has 11 nitrogen and oxygen atoms in total. The number of hydrogen-bond donors (Lipinski definition) is 5. The van der Waals surface area contributed by atoms with E-state index in [-0.39, 0.29) is 42.0 Å². The van der Waals surface area contributed by atoms with Crippen molar-refractivity contribution in [3.8, 4) is 0 Å². The van der Waals surface area contributed by atoms with Crippen LogP contribution in [0.3, 0.4) is 0 Å². The summed E-state index contributed by atoms with van der Waals surface area (Å²) in [6, 6.07) is -2.88. The molecule has 234 valence electrons. The highest BCUT2D eigenvalue weighted by Crippen LogP contribution is 2.29. The summed E-state index contributed by atoms with van der Waals surface area (Å²) in [4.78, 5) is 78.5. The Kier molecular flexibility index (Phi) is 11.8. The van der Waals surface area contributed by atoms with E-state index in [2.05, 4.69) is 26.6 Å². The zero-order chi connectivity index (χ0) is 30.1. The van der Waals surface area contributed by atoms with Gasteiger partial charge in [0.15, 0.2) is 0 Å². The van der Waals surface area contributed by atoms with Gasteiger partial charge in [-0.2, -0.15) is 0 Å². The van der Waals surface area contributed by atoms with Gasteiger partial charge >= 0.3 is 0 Å². The van der Waals surface area contributed by atoms with Gasteiger partial charge in [-0.3, -0.25) is 28.8 Å². The first-order chi connectivity index (χ1) is 20.3. The third-order valence-corrected chi connectivity index (χ3v) is 9.34. The molecule has 0 aromatic carbocycles. The van der Waals surface area contributed by atoms with E-state index in [4.69, 9.17) is 0 Å². The van der Waals surface area contributed by atoms with Crippen molar-refractivity contribution in [2.45, 2.75) is 134 Å². The van der Waals surface area contributed by atoms with E-state index in [9.17, 15) is 28.8 Å². The van der Waals surface area contributed by atoms with Gasteiger partial charge in [-0.25, -0.2) is 0 Å². The SMILES string of the molecule is CCC[C@H](NC(=O)[C@H](NC(=O)C1CCCCC1)C1CCCCC1)C(=O)N[C@@H](C[C@@H]1CCNC1=O)C(=O)C(=O)NC1CC1. The van der Waals surface area contributed by atoms with Gasteiger partial charge in [0.2, 0.25) is 29.4 Å². The van der Waals surface area contributed by atoms with Crippen LogP contribution in [0.5, 0.6) is 0 Å². The number of nitrogens with one attached hydrogen (secondary N) is 5. The molecule has 0 unspecified atom stereocenters. The highest BCUT2D eigenvalue weighted by molar-refractivity contribution is 6.38. The zero-order valence-electron chi connectivity index (χ0n) is 25.0. The number of amides is 5. The van der Waals surface area contributed by atoms with Crippen LogP contribution < -0.4 is 26.6 Å². The maximum absolute atomic E-state index is 13.7. The molecule has 42 heavy (non-hydrogen) atoms.